The highest BCUT2D eigenvalue weighted by Crippen LogP contribution is 2.16. The van der Waals surface area contributed by atoms with Crippen molar-refractivity contribution >= 4 is 5.91 Å². The molecular weight excluding hydrogens is 360 g/mol. The number of hydrogen-bond donors (Lipinski definition) is 1. The van der Waals surface area contributed by atoms with E-state index in [0.717, 1.165) is 24.5 Å². The Balaban J connectivity index is 1.31. The van der Waals surface area contributed by atoms with Crippen LogP contribution in [0.5, 0.6) is 5.75 Å². The van der Waals surface area contributed by atoms with Gasteiger partial charge in [0.15, 0.2) is 6.61 Å². The molecule has 0 bridgehead atoms. The molecule has 1 aromatic carbocycles. The molecule has 0 spiro atoms. The zero-order valence-corrected chi connectivity index (χ0v) is 15.9. The Kier molecular flexibility index (Phi) is 5.05. The van der Waals surface area contributed by atoms with E-state index in [1.54, 1.807) is 24.3 Å². The fraction of sp³-hybridized carbons (Fsp3) is 0.421. The van der Waals surface area contributed by atoms with Crippen LogP contribution >= 0.6 is 0 Å². The summed E-state index contributed by atoms with van der Waals surface area (Å²) in [6.45, 7) is 4.69. The van der Waals surface area contributed by atoms with Gasteiger partial charge in [-0.25, -0.2) is 9.67 Å². The number of ether oxygens (including phenoxy) is 1. The molecule has 1 amide bonds. The average molecular weight is 382 g/mol. The number of nitrogens with one attached hydrogen (secondary N) is 1. The Morgan fingerprint density at radius 3 is 2.89 bits per heavy atom. The van der Waals surface area contributed by atoms with Crippen molar-refractivity contribution in [1.29, 1.82) is 0 Å². The Morgan fingerprint density at radius 1 is 1.32 bits per heavy atom. The second-order valence-electron chi connectivity index (χ2n) is 6.74. The second kappa shape index (κ2) is 7.79. The number of benzene rings is 1. The van der Waals surface area contributed by atoms with Gasteiger partial charge >= 0.3 is 0 Å². The molecule has 9 heteroatoms. The number of aryl methyl sites for hydroxylation is 3. The van der Waals surface area contributed by atoms with Crippen molar-refractivity contribution < 1.29 is 14.1 Å². The van der Waals surface area contributed by atoms with E-state index in [9.17, 15) is 4.79 Å². The van der Waals surface area contributed by atoms with Crippen LogP contribution in [0.25, 0.3) is 0 Å². The lowest BCUT2D eigenvalue weighted by atomic mass is 10.1. The third-order valence-corrected chi connectivity index (χ3v) is 4.60. The maximum absolute atomic E-state index is 12.5. The van der Waals surface area contributed by atoms with Crippen molar-refractivity contribution in [3.63, 3.8) is 0 Å². The summed E-state index contributed by atoms with van der Waals surface area (Å²) in [6, 6.07) is 7.05. The zero-order chi connectivity index (χ0) is 19.5. The van der Waals surface area contributed by atoms with Crippen LogP contribution in [0, 0.1) is 6.92 Å². The summed E-state index contributed by atoms with van der Waals surface area (Å²) >= 11 is 0. The van der Waals surface area contributed by atoms with Gasteiger partial charge in [-0.15, -0.1) is 0 Å². The fourth-order valence-electron chi connectivity index (χ4n) is 3.16. The predicted octanol–water partition coefficient (Wildman–Crippen LogP) is 1.86. The number of rotatable bonds is 6. The predicted molar refractivity (Wildman–Crippen MR) is 98.8 cm³/mol. The van der Waals surface area contributed by atoms with E-state index in [4.69, 9.17) is 9.26 Å². The largest absolute Gasteiger partial charge is 0.485 e. The van der Waals surface area contributed by atoms with E-state index in [-0.39, 0.29) is 18.6 Å². The van der Waals surface area contributed by atoms with E-state index in [0.29, 0.717) is 36.0 Å². The molecule has 0 fully saturated rings. The summed E-state index contributed by atoms with van der Waals surface area (Å²) in [5.74, 6) is 3.36. The maximum Gasteiger partial charge on any atom is 0.251 e. The Labute approximate surface area is 162 Å². The number of fused-ring (bicyclic) bond motifs is 1. The van der Waals surface area contributed by atoms with Gasteiger partial charge < -0.3 is 14.6 Å². The molecule has 1 atom stereocenters. The SMILES string of the molecule is CCc1nc(COc2ccc(C(=O)NC3CCc4nc(C)nn4C3)cc2)no1. The van der Waals surface area contributed by atoms with Crippen LogP contribution < -0.4 is 10.1 Å². The molecule has 146 valence electrons. The number of aromatic nitrogens is 5. The number of carbonyl (C=O) groups is 1. The van der Waals surface area contributed by atoms with Gasteiger partial charge in [0.25, 0.3) is 5.91 Å². The number of amides is 1. The van der Waals surface area contributed by atoms with Crippen LogP contribution in [0.4, 0.5) is 0 Å². The van der Waals surface area contributed by atoms with Crippen LogP contribution in [0.15, 0.2) is 28.8 Å². The molecular formula is C19H22N6O3. The van der Waals surface area contributed by atoms with Gasteiger partial charge in [-0.2, -0.15) is 10.1 Å². The quantitative estimate of drug-likeness (QED) is 0.693. The summed E-state index contributed by atoms with van der Waals surface area (Å²) in [5.41, 5.74) is 0.584. The molecule has 1 aliphatic heterocycles. The molecule has 0 saturated carbocycles. The smallest absolute Gasteiger partial charge is 0.251 e. The molecule has 1 aliphatic rings. The average Bonchev–Trinajstić information content (AvgIpc) is 3.31. The standard InChI is InChI=1S/C19H22N6O3/c1-3-18-22-16(24-28-18)11-27-15-7-4-13(5-8-15)19(26)21-14-6-9-17-20-12(2)23-25(17)10-14/h4-5,7-8,14H,3,6,9-11H2,1-2H3,(H,21,26). The first-order valence-electron chi connectivity index (χ1n) is 9.36. The normalized spacial score (nSPS) is 15.9. The van der Waals surface area contributed by atoms with Crippen LogP contribution in [-0.2, 0) is 26.0 Å². The Bertz CT molecular complexity index is 962. The number of nitrogens with zero attached hydrogens (tertiary/aromatic N) is 5. The van der Waals surface area contributed by atoms with Crippen LogP contribution in [0.3, 0.4) is 0 Å². The lowest BCUT2D eigenvalue weighted by Crippen LogP contribution is -2.41. The minimum atomic E-state index is -0.109. The van der Waals surface area contributed by atoms with Gasteiger partial charge in [0.2, 0.25) is 11.7 Å². The molecule has 0 radical (unpaired) electrons. The van der Waals surface area contributed by atoms with E-state index in [2.05, 4.69) is 25.5 Å². The highest BCUT2D eigenvalue weighted by molar-refractivity contribution is 5.94. The molecule has 4 rings (SSSR count). The highest BCUT2D eigenvalue weighted by atomic mass is 16.5. The molecule has 1 N–H and O–H groups in total. The molecule has 3 aromatic rings. The van der Waals surface area contributed by atoms with Crippen molar-refractivity contribution in [3.05, 3.63) is 53.2 Å². The summed E-state index contributed by atoms with van der Waals surface area (Å²) in [4.78, 5) is 21.1. The molecule has 0 aliphatic carbocycles. The Hall–Kier alpha value is -3.23. The van der Waals surface area contributed by atoms with Crippen molar-refractivity contribution in [2.45, 2.75) is 52.3 Å². The fourth-order valence-corrected chi connectivity index (χ4v) is 3.16. The molecule has 3 heterocycles. The lowest BCUT2D eigenvalue weighted by Gasteiger charge is -2.23. The first-order chi connectivity index (χ1) is 13.6. The van der Waals surface area contributed by atoms with Crippen molar-refractivity contribution in [2.24, 2.45) is 0 Å². The Morgan fingerprint density at radius 2 is 2.14 bits per heavy atom. The van der Waals surface area contributed by atoms with Crippen molar-refractivity contribution in [1.82, 2.24) is 30.2 Å². The van der Waals surface area contributed by atoms with E-state index in [1.807, 2.05) is 18.5 Å². The van der Waals surface area contributed by atoms with Gasteiger partial charge in [-0.1, -0.05) is 12.1 Å². The van der Waals surface area contributed by atoms with Gasteiger partial charge in [-0.05, 0) is 37.6 Å². The number of carbonyl (C=O) groups excluding carboxylic acids is 1. The maximum atomic E-state index is 12.5. The summed E-state index contributed by atoms with van der Waals surface area (Å²) in [5, 5.41) is 11.3. The van der Waals surface area contributed by atoms with Crippen LogP contribution in [-0.4, -0.2) is 36.9 Å². The molecule has 2 aromatic heterocycles. The van der Waals surface area contributed by atoms with Gasteiger partial charge in [0.1, 0.15) is 17.4 Å². The first kappa shape index (κ1) is 18.1. The molecule has 1 unspecified atom stereocenters. The molecule has 9 nitrogen and oxygen atoms in total. The monoisotopic (exact) mass is 382 g/mol. The minimum absolute atomic E-state index is 0.0445. The van der Waals surface area contributed by atoms with Gasteiger partial charge in [0.05, 0.1) is 6.54 Å². The third-order valence-electron chi connectivity index (χ3n) is 4.60. The topological polar surface area (TPSA) is 108 Å². The minimum Gasteiger partial charge on any atom is -0.485 e. The van der Waals surface area contributed by atoms with E-state index < -0.39 is 0 Å². The van der Waals surface area contributed by atoms with E-state index >= 15 is 0 Å². The van der Waals surface area contributed by atoms with E-state index in [1.165, 1.54) is 0 Å². The molecule has 0 saturated heterocycles. The first-order valence-corrected chi connectivity index (χ1v) is 9.36. The zero-order valence-electron chi connectivity index (χ0n) is 15.9. The summed E-state index contributed by atoms with van der Waals surface area (Å²) in [7, 11) is 0. The number of hydrogen-bond acceptors (Lipinski definition) is 7. The lowest BCUT2D eigenvalue weighted by molar-refractivity contribution is 0.0926. The van der Waals surface area contributed by atoms with Crippen molar-refractivity contribution in [2.75, 3.05) is 0 Å². The van der Waals surface area contributed by atoms with Crippen molar-refractivity contribution in [3.8, 4) is 5.75 Å². The third kappa shape index (κ3) is 4.03. The summed E-state index contributed by atoms with van der Waals surface area (Å²) < 4.78 is 12.6. The van der Waals surface area contributed by atoms with Crippen LogP contribution in [0.2, 0.25) is 0 Å². The highest BCUT2D eigenvalue weighted by Gasteiger charge is 2.22. The van der Waals surface area contributed by atoms with Crippen LogP contribution in [0.1, 0.15) is 47.1 Å². The summed E-state index contributed by atoms with van der Waals surface area (Å²) in [6.07, 6.45) is 2.36. The van der Waals surface area contributed by atoms with Gasteiger partial charge in [-0.3, -0.25) is 4.79 Å². The second-order valence-corrected chi connectivity index (χ2v) is 6.74. The van der Waals surface area contributed by atoms with Gasteiger partial charge in [0, 0.05) is 24.4 Å². The molecule has 28 heavy (non-hydrogen) atoms.